The van der Waals surface area contributed by atoms with E-state index in [2.05, 4.69) is 22.1 Å². The van der Waals surface area contributed by atoms with Crippen LogP contribution in [-0.4, -0.2) is 22.6 Å². The lowest BCUT2D eigenvalue weighted by Gasteiger charge is -2.11. The Labute approximate surface area is 159 Å². The lowest BCUT2D eigenvalue weighted by Crippen LogP contribution is -2.25. The molecule has 3 rings (SSSR count). The summed E-state index contributed by atoms with van der Waals surface area (Å²) in [5.41, 5.74) is 3.53. The van der Waals surface area contributed by atoms with Crippen molar-refractivity contribution >= 4 is 5.91 Å². The number of benzene rings is 2. The van der Waals surface area contributed by atoms with Crippen LogP contribution >= 0.6 is 0 Å². The first-order valence-electron chi connectivity index (χ1n) is 8.63. The molecule has 1 aromatic heterocycles. The van der Waals surface area contributed by atoms with E-state index in [0.717, 1.165) is 16.9 Å². The monoisotopic (exact) mass is 359 g/mol. The fourth-order valence-electron chi connectivity index (χ4n) is 2.71. The predicted octanol–water partition coefficient (Wildman–Crippen LogP) is 3.42. The summed E-state index contributed by atoms with van der Waals surface area (Å²) in [6, 6.07) is 15.2. The molecule has 1 N–H and O–H groups in total. The quantitative estimate of drug-likeness (QED) is 0.726. The van der Waals surface area contributed by atoms with Crippen LogP contribution in [-0.2, 0) is 4.79 Å². The summed E-state index contributed by atoms with van der Waals surface area (Å²) in [7, 11) is 1.61. The van der Waals surface area contributed by atoms with Gasteiger partial charge in [0.25, 0.3) is 5.91 Å². The number of amides is 1. The first-order chi connectivity index (χ1) is 13.1. The van der Waals surface area contributed by atoms with E-state index in [4.69, 9.17) is 4.74 Å². The Hall–Kier alpha value is -3.52. The average Bonchev–Trinajstić information content (AvgIpc) is 3.13. The third-order valence-corrected chi connectivity index (χ3v) is 4.14. The van der Waals surface area contributed by atoms with E-state index in [0.29, 0.717) is 11.3 Å². The first-order valence-corrected chi connectivity index (χ1v) is 8.63. The third kappa shape index (κ3) is 4.56. The van der Waals surface area contributed by atoms with Gasteiger partial charge in [0, 0.05) is 17.7 Å². The van der Waals surface area contributed by atoms with Crippen molar-refractivity contribution in [1.82, 2.24) is 14.9 Å². The van der Waals surface area contributed by atoms with Gasteiger partial charge in [-0.05, 0) is 37.6 Å². The maximum absolute atomic E-state index is 12.1. The summed E-state index contributed by atoms with van der Waals surface area (Å²) < 4.78 is 7.35. The molecule has 1 atom stereocenters. The van der Waals surface area contributed by atoms with Gasteiger partial charge >= 0.3 is 0 Å². The Morgan fingerprint density at radius 1 is 1.22 bits per heavy atom. The van der Waals surface area contributed by atoms with Crippen molar-refractivity contribution in [2.24, 2.45) is 0 Å². The molecule has 1 amide bonds. The van der Waals surface area contributed by atoms with E-state index in [1.165, 1.54) is 0 Å². The molecule has 0 aliphatic heterocycles. The van der Waals surface area contributed by atoms with Gasteiger partial charge in [-0.15, -0.1) is 0 Å². The van der Waals surface area contributed by atoms with Crippen molar-refractivity contribution in [1.29, 1.82) is 0 Å². The van der Waals surface area contributed by atoms with Crippen molar-refractivity contribution in [2.75, 3.05) is 7.11 Å². The number of carbonyl (C=O) groups excluding carboxylic acids is 1. The second-order valence-electron chi connectivity index (χ2n) is 6.16. The van der Waals surface area contributed by atoms with Crippen molar-refractivity contribution in [3.05, 3.63) is 77.9 Å². The van der Waals surface area contributed by atoms with Crippen molar-refractivity contribution in [3.63, 3.8) is 0 Å². The Kier molecular flexibility index (Phi) is 5.58. The molecular formula is C22H21N3O2. The standard InChI is InChI=1S/C22H21N3O2/c1-16-14-25(15-23-16)20-11-9-18(13-21(20)27-3)10-12-22(26)24-17(2)19-7-5-4-6-8-19/h4-9,11,13-15,17H,1-3H3,(H,24,26). The van der Waals surface area contributed by atoms with Crippen LogP contribution in [0.15, 0.2) is 61.1 Å². The minimum atomic E-state index is -0.320. The molecule has 0 fully saturated rings. The second-order valence-corrected chi connectivity index (χ2v) is 6.16. The van der Waals surface area contributed by atoms with Crippen molar-refractivity contribution in [2.45, 2.75) is 19.9 Å². The molecule has 2 aromatic carbocycles. The summed E-state index contributed by atoms with van der Waals surface area (Å²) in [6.45, 7) is 3.86. The zero-order valence-corrected chi connectivity index (χ0v) is 15.6. The molecule has 0 aliphatic carbocycles. The molecule has 136 valence electrons. The number of nitrogens with zero attached hydrogens (tertiary/aromatic N) is 2. The highest BCUT2D eigenvalue weighted by atomic mass is 16.5. The lowest BCUT2D eigenvalue weighted by molar-refractivity contribution is -0.116. The molecule has 5 nitrogen and oxygen atoms in total. The highest BCUT2D eigenvalue weighted by molar-refractivity contribution is 5.94. The van der Waals surface area contributed by atoms with Crippen LogP contribution < -0.4 is 10.1 Å². The van der Waals surface area contributed by atoms with Crippen LogP contribution in [0, 0.1) is 18.8 Å². The number of aryl methyl sites for hydroxylation is 1. The van der Waals surface area contributed by atoms with Crippen LogP contribution in [0.5, 0.6) is 5.75 Å². The Morgan fingerprint density at radius 3 is 2.67 bits per heavy atom. The molecular weight excluding hydrogens is 338 g/mol. The van der Waals surface area contributed by atoms with Gasteiger partial charge in [-0.25, -0.2) is 4.98 Å². The number of methoxy groups -OCH3 is 1. The molecule has 0 saturated heterocycles. The molecule has 0 aliphatic rings. The number of nitrogens with one attached hydrogen (secondary N) is 1. The van der Waals surface area contributed by atoms with Crippen LogP contribution in [0.3, 0.4) is 0 Å². The number of aromatic nitrogens is 2. The van der Waals surface area contributed by atoms with Gasteiger partial charge in [-0.2, -0.15) is 0 Å². The van der Waals surface area contributed by atoms with Gasteiger partial charge < -0.3 is 14.6 Å². The van der Waals surface area contributed by atoms with Gasteiger partial charge in [0.15, 0.2) is 0 Å². The van der Waals surface area contributed by atoms with Crippen molar-refractivity contribution in [3.8, 4) is 23.3 Å². The van der Waals surface area contributed by atoms with Gasteiger partial charge in [0.05, 0.1) is 30.9 Å². The number of ether oxygens (including phenoxy) is 1. The molecule has 0 spiro atoms. The van der Waals surface area contributed by atoms with Gasteiger partial charge in [0.2, 0.25) is 0 Å². The topological polar surface area (TPSA) is 56.1 Å². The van der Waals surface area contributed by atoms with E-state index in [1.54, 1.807) is 13.4 Å². The normalized spacial score (nSPS) is 11.2. The third-order valence-electron chi connectivity index (χ3n) is 4.14. The molecule has 3 aromatic rings. The molecule has 27 heavy (non-hydrogen) atoms. The van der Waals surface area contributed by atoms with E-state index in [9.17, 15) is 4.79 Å². The predicted molar refractivity (Wildman–Crippen MR) is 105 cm³/mol. The second kappa shape index (κ2) is 8.24. The fourth-order valence-corrected chi connectivity index (χ4v) is 2.71. The zero-order chi connectivity index (χ0) is 19.2. The summed E-state index contributed by atoms with van der Waals surface area (Å²) in [4.78, 5) is 16.3. The van der Waals surface area contributed by atoms with Gasteiger partial charge in [-0.3, -0.25) is 4.79 Å². The highest BCUT2D eigenvalue weighted by Gasteiger charge is 2.08. The Balaban J connectivity index is 1.73. The molecule has 0 saturated carbocycles. The maximum atomic E-state index is 12.1. The highest BCUT2D eigenvalue weighted by Crippen LogP contribution is 2.24. The lowest BCUT2D eigenvalue weighted by atomic mass is 10.1. The number of carbonyl (C=O) groups is 1. The van der Waals surface area contributed by atoms with Gasteiger partial charge in [0.1, 0.15) is 5.75 Å². The zero-order valence-electron chi connectivity index (χ0n) is 15.6. The minimum absolute atomic E-state index is 0.102. The SMILES string of the molecule is COc1cc(C#CC(=O)NC(C)c2ccccc2)ccc1-n1cnc(C)c1. The maximum Gasteiger partial charge on any atom is 0.296 e. The number of hydrogen-bond donors (Lipinski definition) is 1. The van der Waals surface area contributed by atoms with Crippen LogP contribution in [0.2, 0.25) is 0 Å². The molecule has 1 unspecified atom stereocenters. The number of imidazole rings is 1. The van der Waals surface area contributed by atoms with E-state index >= 15 is 0 Å². The first kappa shape index (κ1) is 18.3. The largest absolute Gasteiger partial charge is 0.495 e. The molecule has 0 radical (unpaired) electrons. The number of hydrogen-bond acceptors (Lipinski definition) is 3. The fraction of sp³-hybridized carbons (Fsp3) is 0.182. The summed E-state index contributed by atoms with van der Waals surface area (Å²) in [6.07, 6.45) is 3.65. The molecule has 1 heterocycles. The van der Waals surface area contributed by atoms with Crippen LogP contribution in [0.25, 0.3) is 5.69 Å². The Bertz CT molecular complexity index is 997. The summed E-state index contributed by atoms with van der Waals surface area (Å²) in [5.74, 6) is 5.88. The Morgan fingerprint density at radius 2 is 2.00 bits per heavy atom. The van der Waals surface area contributed by atoms with Crippen LogP contribution in [0.4, 0.5) is 0 Å². The van der Waals surface area contributed by atoms with Gasteiger partial charge in [-0.1, -0.05) is 36.3 Å². The minimum Gasteiger partial charge on any atom is -0.495 e. The van der Waals surface area contributed by atoms with E-state index in [1.807, 2.05) is 73.1 Å². The average molecular weight is 359 g/mol. The molecule has 5 heteroatoms. The smallest absolute Gasteiger partial charge is 0.296 e. The van der Waals surface area contributed by atoms with E-state index < -0.39 is 0 Å². The summed E-state index contributed by atoms with van der Waals surface area (Å²) >= 11 is 0. The number of rotatable bonds is 4. The van der Waals surface area contributed by atoms with Crippen molar-refractivity contribution < 1.29 is 9.53 Å². The summed E-state index contributed by atoms with van der Waals surface area (Å²) in [5, 5.41) is 2.88. The van der Waals surface area contributed by atoms with Crippen LogP contribution in [0.1, 0.15) is 29.8 Å². The molecule has 0 bridgehead atoms. The van der Waals surface area contributed by atoms with E-state index in [-0.39, 0.29) is 11.9 Å².